The maximum absolute atomic E-state index is 11.7. The van der Waals surface area contributed by atoms with Crippen molar-refractivity contribution in [3.8, 4) is 0 Å². The van der Waals surface area contributed by atoms with Crippen molar-refractivity contribution >= 4 is 11.9 Å². The molecule has 1 aliphatic rings. The fraction of sp³-hybridized carbons (Fsp3) is 0.600. The van der Waals surface area contributed by atoms with Crippen molar-refractivity contribution in [2.75, 3.05) is 5.32 Å². The number of imidazole rings is 1. The van der Waals surface area contributed by atoms with Gasteiger partial charge in [0.1, 0.15) is 0 Å². The highest BCUT2D eigenvalue weighted by molar-refractivity contribution is 5.90. The van der Waals surface area contributed by atoms with Gasteiger partial charge in [0, 0.05) is 18.3 Å². The number of aromatic nitrogens is 2. The second-order valence-corrected chi connectivity index (χ2v) is 3.93. The minimum absolute atomic E-state index is 0.00292. The third kappa shape index (κ3) is 2.56. The van der Waals surface area contributed by atoms with E-state index in [1.807, 2.05) is 0 Å². The normalized spacial score (nSPS) is 26.2. The monoisotopic (exact) mass is 209 g/mol. The maximum Gasteiger partial charge on any atom is 0.229 e. The molecule has 0 unspecified atom stereocenters. The molecule has 5 heteroatoms. The van der Waals surface area contributed by atoms with Gasteiger partial charge in [-0.15, -0.1) is 0 Å². The van der Waals surface area contributed by atoms with Crippen molar-refractivity contribution in [1.82, 2.24) is 9.97 Å². The van der Waals surface area contributed by atoms with Crippen molar-refractivity contribution in [3.63, 3.8) is 0 Å². The van der Waals surface area contributed by atoms with E-state index in [1.54, 1.807) is 12.4 Å². The minimum atomic E-state index is -0.224. The molecule has 0 aliphatic heterocycles. The molecule has 3 N–H and O–H groups in total. The summed E-state index contributed by atoms with van der Waals surface area (Å²) in [6.07, 6.45) is 5.99. The third-order valence-electron chi connectivity index (χ3n) is 2.81. The largest absolute Gasteiger partial charge is 0.393 e. The Morgan fingerprint density at radius 3 is 2.80 bits per heavy atom. The zero-order chi connectivity index (χ0) is 10.7. The fourth-order valence-electron chi connectivity index (χ4n) is 1.89. The number of aliphatic hydroxyl groups is 1. The number of carbonyl (C=O) groups is 1. The Morgan fingerprint density at radius 2 is 2.20 bits per heavy atom. The molecule has 15 heavy (non-hydrogen) atoms. The smallest absolute Gasteiger partial charge is 0.229 e. The lowest BCUT2D eigenvalue weighted by Crippen LogP contribution is -2.29. The van der Waals surface area contributed by atoms with Crippen LogP contribution in [0.4, 0.5) is 5.95 Å². The Kier molecular flexibility index (Phi) is 3.01. The van der Waals surface area contributed by atoms with Gasteiger partial charge in [-0.1, -0.05) is 0 Å². The molecule has 82 valence electrons. The van der Waals surface area contributed by atoms with Gasteiger partial charge in [0.15, 0.2) is 0 Å². The first kappa shape index (κ1) is 10.2. The first-order valence-corrected chi connectivity index (χ1v) is 5.24. The van der Waals surface area contributed by atoms with Gasteiger partial charge in [0.25, 0.3) is 0 Å². The van der Waals surface area contributed by atoms with E-state index in [0.717, 1.165) is 25.7 Å². The lowest BCUT2D eigenvalue weighted by atomic mass is 9.87. The van der Waals surface area contributed by atoms with Crippen molar-refractivity contribution in [2.24, 2.45) is 5.92 Å². The molecule has 2 rings (SSSR count). The molecular formula is C10H15N3O2. The van der Waals surface area contributed by atoms with Crippen molar-refractivity contribution in [1.29, 1.82) is 0 Å². The lowest BCUT2D eigenvalue weighted by molar-refractivity contribution is -0.121. The highest BCUT2D eigenvalue weighted by Crippen LogP contribution is 2.24. The van der Waals surface area contributed by atoms with E-state index in [-0.39, 0.29) is 17.9 Å². The Bertz CT molecular complexity index is 315. The van der Waals surface area contributed by atoms with Gasteiger partial charge in [0.05, 0.1) is 6.10 Å². The highest BCUT2D eigenvalue weighted by Gasteiger charge is 2.25. The van der Waals surface area contributed by atoms with E-state index in [1.165, 1.54) is 0 Å². The molecule has 0 aromatic carbocycles. The highest BCUT2D eigenvalue weighted by atomic mass is 16.3. The van der Waals surface area contributed by atoms with Gasteiger partial charge < -0.3 is 10.1 Å². The molecule has 0 spiro atoms. The molecule has 1 amide bonds. The SMILES string of the molecule is O=C(Nc1ncc[nH]1)C1CCC(O)CC1. The number of anilines is 1. The molecule has 1 aromatic heterocycles. The number of nitrogens with one attached hydrogen (secondary N) is 2. The van der Waals surface area contributed by atoms with Crippen LogP contribution in [0.3, 0.4) is 0 Å². The Labute approximate surface area is 87.9 Å². The van der Waals surface area contributed by atoms with Gasteiger partial charge in [-0.05, 0) is 25.7 Å². The van der Waals surface area contributed by atoms with Crippen molar-refractivity contribution in [2.45, 2.75) is 31.8 Å². The zero-order valence-electron chi connectivity index (χ0n) is 8.44. The van der Waals surface area contributed by atoms with Crippen LogP contribution in [0.1, 0.15) is 25.7 Å². The summed E-state index contributed by atoms with van der Waals surface area (Å²) in [4.78, 5) is 18.5. The summed E-state index contributed by atoms with van der Waals surface area (Å²) in [5, 5.41) is 12.0. The van der Waals surface area contributed by atoms with Crippen molar-refractivity contribution in [3.05, 3.63) is 12.4 Å². The quantitative estimate of drug-likeness (QED) is 0.677. The predicted octanol–water partition coefficient (Wildman–Crippen LogP) is 0.899. The van der Waals surface area contributed by atoms with Gasteiger partial charge in [-0.25, -0.2) is 4.98 Å². The number of hydrogen-bond donors (Lipinski definition) is 3. The number of nitrogens with zero attached hydrogens (tertiary/aromatic N) is 1. The molecule has 1 heterocycles. The molecule has 0 bridgehead atoms. The number of carbonyl (C=O) groups excluding carboxylic acids is 1. The topological polar surface area (TPSA) is 78.0 Å². The Hall–Kier alpha value is -1.36. The molecule has 1 aromatic rings. The molecule has 1 saturated carbocycles. The van der Waals surface area contributed by atoms with Crippen LogP contribution >= 0.6 is 0 Å². The number of amides is 1. The van der Waals surface area contributed by atoms with Crippen LogP contribution in [0.25, 0.3) is 0 Å². The summed E-state index contributed by atoms with van der Waals surface area (Å²) in [5.41, 5.74) is 0. The molecule has 1 aliphatic carbocycles. The second kappa shape index (κ2) is 4.44. The summed E-state index contributed by atoms with van der Waals surface area (Å²) in [7, 11) is 0. The Morgan fingerprint density at radius 1 is 1.47 bits per heavy atom. The van der Waals surface area contributed by atoms with E-state index in [9.17, 15) is 9.90 Å². The zero-order valence-corrected chi connectivity index (χ0v) is 8.44. The van der Waals surface area contributed by atoms with Gasteiger partial charge >= 0.3 is 0 Å². The standard InChI is InChI=1S/C10H15N3O2/c14-8-3-1-7(2-4-8)9(15)13-10-11-5-6-12-10/h5-8,14H,1-4H2,(H2,11,12,13,15). The molecule has 0 atom stereocenters. The minimum Gasteiger partial charge on any atom is -0.393 e. The number of rotatable bonds is 2. The van der Waals surface area contributed by atoms with Gasteiger partial charge in [0.2, 0.25) is 11.9 Å². The van der Waals surface area contributed by atoms with Crippen LogP contribution in [0.5, 0.6) is 0 Å². The number of aliphatic hydroxyl groups excluding tert-OH is 1. The second-order valence-electron chi connectivity index (χ2n) is 3.93. The van der Waals surface area contributed by atoms with Crippen LogP contribution in [0.2, 0.25) is 0 Å². The van der Waals surface area contributed by atoms with E-state index in [2.05, 4.69) is 15.3 Å². The first-order valence-electron chi connectivity index (χ1n) is 5.24. The van der Waals surface area contributed by atoms with E-state index < -0.39 is 0 Å². The van der Waals surface area contributed by atoms with Crippen molar-refractivity contribution < 1.29 is 9.90 Å². The van der Waals surface area contributed by atoms with E-state index >= 15 is 0 Å². The molecular weight excluding hydrogens is 194 g/mol. The average Bonchev–Trinajstić information content (AvgIpc) is 2.71. The van der Waals surface area contributed by atoms with Crippen LogP contribution in [0, 0.1) is 5.92 Å². The number of hydrogen-bond acceptors (Lipinski definition) is 3. The third-order valence-corrected chi connectivity index (χ3v) is 2.81. The maximum atomic E-state index is 11.7. The van der Waals surface area contributed by atoms with Crippen LogP contribution < -0.4 is 5.32 Å². The van der Waals surface area contributed by atoms with Crippen LogP contribution in [-0.2, 0) is 4.79 Å². The summed E-state index contributed by atoms with van der Waals surface area (Å²) in [5.74, 6) is 0.501. The summed E-state index contributed by atoms with van der Waals surface area (Å²) in [6, 6.07) is 0. The fourth-order valence-corrected chi connectivity index (χ4v) is 1.89. The first-order chi connectivity index (χ1) is 7.25. The van der Waals surface area contributed by atoms with Crippen LogP contribution in [-0.4, -0.2) is 27.1 Å². The van der Waals surface area contributed by atoms with Crippen LogP contribution in [0.15, 0.2) is 12.4 Å². The molecule has 1 fully saturated rings. The molecule has 0 radical (unpaired) electrons. The molecule has 0 saturated heterocycles. The van der Waals surface area contributed by atoms with Gasteiger partial charge in [-0.2, -0.15) is 0 Å². The predicted molar refractivity (Wildman–Crippen MR) is 55.2 cm³/mol. The summed E-state index contributed by atoms with van der Waals surface area (Å²) >= 11 is 0. The van der Waals surface area contributed by atoms with E-state index in [0.29, 0.717) is 5.95 Å². The number of aromatic amines is 1. The number of H-pyrrole nitrogens is 1. The Balaban J connectivity index is 1.86. The average molecular weight is 209 g/mol. The van der Waals surface area contributed by atoms with E-state index in [4.69, 9.17) is 0 Å². The van der Waals surface area contributed by atoms with Gasteiger partial charge in [-0.3, -0.25) is 10.1 Å². The summed E-state index contributed by atoms with van der Waals surface area (Å²) < 4.78 is 0. The molecule has 5 nitrogen and oxygen atoms in total. The summed E-state index contributed by atoms with van der Waals surface area (Å²) in [6.45, 7) is 0. The lowest BCUT2D eigenvalue weighted by Gasteiger charge is -2.23.